The molecule has 9 heteroatoms. The number of fused-ring (bicyclic) bond motifs is 1. The van der Waals surface area contributed by atoms with Crippen molar-refractivity contribution in [2.45, 2.75) is 64.4 Å². The number of benzene rings is 1. The van der Waals surface area contributed by atoms with Gasteiger partial charge in [-0.3, -0.25) is 4.98 Å². The van der Waals surface area contributed by atoms with Crippen LogP contribution in [0.3, 0.4) is 0 Å². The lowest BCUT2D eigenvalue weighted by molar-refractivity contribution is 0.111. The number of thiazole rings is 1. The number of pyridine rings is 1. The van der Waals surface area contributed by atoms with Crippen molar-refractivity contribution in [2.75, 3.05) is 23.8 Å². The summed E-state index contributed by atoms with van der Waals surface area (Å²) < 4.78 is 7.01. The number of nitrogens with zero attached hydrogens (tertiary/aromatic N) is 4. The molecule has 1 fully saturated rings. The number of anilines is 3. The summed E-state index contributed by atoms with van der Waals surface area (Å²) in [6, 6.07) is 10.2. The average Bonchev–Trinajstić information content (AvgIpc) is 3.34. The first-order chi connectivity index (χ1) is 18.7. The normalized spacial score (nSPS) is 17.4. The minimum absolute atomic E-state index is 0.138. The monoisotopic (exact) mass is 532 g/mol. The van der Waals surface area contributed by atoms with Gasteiger partial charge in [-0.05, 0) is 67.9 Å². The molecule has 5 rings (SSSR count). The van der Waals surface area contributed by atoms with E-state index in [1.165, 1.54) is 19.3 Å². The van der Waals surface area contributed by atoms with Crippen LogP contribution in [0.4, 0.5) is 16.9 Å². The topological polar surface area (TPSA) is 105 Å². The van der Waals surface area contributed by atoms with Crippen LogP contribution < -0.4 is 15.4 Å². The van der Waals surface area contributed by atoms with E-state index >= 15 is 0 Å². The fourth-order valence-electron chi connectivity index (χ4n) is 4.74. The Morgan fingerprint density at radius 1 is 1.00 bits per heavy atom. The Morgan fingerprint density at radius 2 is 1.89 bits per heavy atom. The maximum absolute atomic E-state index is 9.71. The largest absolute Gasteiger partial charge is 0.492 e. The molecule has 1 saturated carbocycles. The number of aromatic nitrogens is 4. The van der Waals surface area contributed by atoms with Crippen LogP contribution in [-0.2, 0) is 0 Å². The molecule has 0 atom stereocenters. The molecular weight excluding hydrogens is 496 g/mol. The molecule has 0 saturated heterocycles. The molecule has 38 heavy (non-hydrogen) atoms. The van der Waals surface area contributed by atoms with Crippen molar-refractivity contribution in [1.82, 2.24) is 19.9 Å². The lowest BCUT2D eigenvalue weighted by atomic mass is 9.87. The Kier molecular flexibility index (Phi) is 8.98. The van der Waals surface area contributed by atoms with Gasteiger partial charge in [0.2, 0.25) is 5.95 Å². The van der Waals surface area contributed by atoms with Crippen LogP contribution in [0, 0.1) is 5.92 Å². The Hall–Kier alpha value is -3.30. The number of unbranched alkanes of at least 4 members (excludes halogenated alkanes) is 3. The van der Waals surface area contributed by atoms with Gasteiger partial charge in [0.05, 0.1) is 29.1 Å². The Bertz CT molecular complexity index is 1320. The third-order valence-electron chi connectivity index (χ3n) is 6.96. The molecule has 1 aliphatic carbocycles. The van der Waals surface area contributed by atoms with Crippen LogP contribution in [0.2, 0.25) is 0 Å². The predicted octanol–water partition coefficient (Wildman–Crippen LogP) is 6.81. The SMILES string of the molecule is CCCCCCOc1cncc(-c2ccc3nc(Nc4ccnc(NCC5CCC(O)CC5)n4)sc3c2)c1. The number of aliphatic hydroxyl groups is 1. The molecule has 1 aromatic carbocycles. The number of aliphatic hydroxyl groups excluding tert-OH is 1. The van der Waals surface area contributed by atoms with Crippen LogP contribution in [0.1, 0.15) is 58.3 Å². The van der Waals surface area contributed by atoms with Gasteiger partial charge in [0.1, 0.15) is 11.6 Å². The first-order valence-corrected chi connectivity index (χ1v) is 14.5. The van der Waals surface area contributed by atoms with Crippen molar-refractivity contribution in [3.63, 3.8) is 0 Å². The summed E-state index contributed by atoms with van der Waals surface area (Å²) in [5.41, 5.74) is 3.05. The first kappa shape index (κ1) is 26.3. The number of hydrogen-bond donors (Lipinski definition) is 3. The second-order valence-corrected chi connectivity index (χ2v) is 11.0. The predicted molar refractivity (Wildman–Crippen MR) is 154 cm³/mol. The zero-order chi connectivity index (χ0) is 26.2. The first-order valence-electron chi connectivity index (χ1n) is 13.7. The van der Waals surface area contributed by atoms with Crippen molar-refractivity contribution >= 4 is 38.5 Å². The van der Waals surface area contributed by atoms with Gasteiger partial charge >= 0.3 is 0 Å². The fourth-order valence-corrected chi connectivity index (χ4v) is 5.65. The van der Waals surface area contributed by atoms with Gasteiger partial charge in [0.25, 0.3) is 0 Å². The zero-order valence-corrected chi connectivity index (χ0v) is 22.7. The molecule has 4 aromatic rings. The second kappa shape index (κ2) is 13.0. The molecule has 0 aliphatic heterocycles. The Morgan fingerprint density at radius 3 is 2.76 bits per heavy atom. The minimum Gasteiger partial charge on any atom is -0.492 e. The summed E-state index contributed by atoms with van der Waals surface area (Å²) in [5.74, 6) is 2.66. The van der Waals surface area contributed by atoms with E-state index in [1.54, 1.807) is 23.7 Å². The van der Waals surface area contributed by atoms with Crippen molar-refractivity contribution in [2.24, 2.45) is 5.92 Å². The summed E-state index contributed by atoms with van der Waals surface area (Å²) in [5, 5.41) is 17.2. The van der Waals surface area contributed by atoms with E-state index in [-0.39, 0.29) is 6.10 Å². The molecule has 0 radical (unpaired) electrons. The maximum atomic E-state index is 9.71. The van der Waals surface area contributed by atoms with E-state index in [0.717, 1.165) is 77.5 Å². The van der Waals surface area contributed by atoms with Gasteiger partial charge in [-0.2, -0.15) is 4.98 Å². The van der Waals surface area contributed by atoms with Gasteiger partial charge in [0.15, 0.2) is 5.13 Å². The van der Waals surface area contributed by atoms with Crippen LogP contribution >= 0.6 is 11.3 Å². The summed E-state index contributed by atoms with van der Waals surface area (Å²) >= 11 is 1.59. The van der Waals surface area contributed by atoms with Crippen molar-refractivity contribution in [3.05, 3.63) is 48.9 Å². The molecule has 3 aromatic heterocycles. The van der Waals surface area contributed by atoms with Crippen LogP contribution in [0.5, 0.6) is 5.75 Å². The summed E-state index contributed by atoms with van der Waals surface area (Å²) in [6.07, 6.45) is 13.8. The number of nitrogens with one attached hydrogen (secondary N) is 2. The van der Waals surface area contributed by atoms with E-state index in [9.17, 15) is 5.11 Å². The van der Waals surface area contributed by atoms with E-state index in [0.29, 0.717) is 17.7 Å². The lowest BCUT2D eigenvalue weighted by Crippen LogP contribution is -2.24. The van der Waals surface area contributed by atoms with Gasteiger partial charge < -0.3 is 20.5 Å². The fraction of sp³-hybridized carbons (Fsp3) is 0.448. The van der Waals surface area contributed by atoms with Crippen molar-refractivity contribution in [1.29, 1.82) is 0 Å². The van der Waals surface area contributed by atoms with E-state index in [4.69, 9.17) is 9.72 Å². The molecule has 3 heterocycles. The van der Waals surface area contributed by atoms with Gasteiger partial charge in [-0.1, -0.05) is 43.6 Å². The van der Waals surface area contributed by atoms with E-state index in [2.05, 4.69) is 50.7 Å². The van der Waals surface area contributed by atoms with Crippen LogP contribution in [0.25, 0.3) is 21.3 Å². The summed E-state index contributed by atoms with van der Waals surface area (Å²) in [7, 11) is 0. The van der Waals surface area contributed by atoms with Crippen molar-refractivity contribution in [3.8, 4) is 16.9 Å². The van der Waals surface area contributed by atoms with Crippen molar-refractivity contribution < 1.29 is 9.84 Å². The highest BCUT2D eigenvalue weighted by Gasteiger charge is 2.19. The lowest BCUT2D eigenvalue weighted by Gasteiger charge is -2.25. The minimum atomic E-state index is -0.138. The Balaban J connectivity index is 1.21. The van der Waals surface area contributed by atoms with Gasteiger partial charge in [-0.15, -0.1) is 0 Å². The second-order valence-electron chi connectivity index (χ2n) is 9.97. The summed E-state index contributed by atoms with van der Waals surface area (Å²) in [6.45, 7) is 3.75. The number of rotatable bonds is 12. The molecule has 3 N–H and O–H groups in total. The molecule has 0 bridgehead atoms. The van der Waals surface area contributed by atoms with E-state index < -0.39 is 0 Å². The van der Waals surface area contributed by atoms with E-state index in [1.807, 2.05) is 18.3 Å². The number of ether oxygens (including phenoxy) is 1. The van der Waals surface area contributed by atoms with Gasteiger partial charge in [-0.25, -0.2) is 9.97 Å². The third kappa shape index (κ3) is 7.17. The number of hydrogen-bond acceptors (Lipinski definition) is 9. The van der Waals surface area contributed by atoms with Gasteiger partial charge in [0, 0.05) is 24.5 Å². The highest BCUT2D eigenvalue weighted by atomic mass is 32.1. The maximum Gasteiger partial charge on any atom is 0.224 e. The molecule has 0 spiro atoms. The summed E-state index contributed by atoms with van der Waals surface area (Å²) in [4.78, 5) is 18.1. The van der Waals surface area contributed by atoms with Crippen LogP contribution in [-0.4, -0.2) is 44.3 Å². The quantitative estimate of drug-likeness (QED) is 0.171. The Labute approximate surface area is 227 Å². The molecule has 8 nitrogen and oxygen atoms in total. The highest BCUT2D eigenvalue weighted by molar-refractivity contribution is 7.22. The molecular formula is C29H36N6O2S. The average molecular weight is 533 g/mol. The molecule has 200 valence electrons. The standard InChI is InChI=1S/C29H36N6O2S/c1-2-3-4-5-14-37-24-15-22(18-30-19-24)21-8-11-25-26(16-21)38-29(33-25)35-27-12-13-31-28(34-27)32-17-20-6-9-23(36)10-7-20/h8,11-13,15-16,18-20,23,36H,2-7,9-10,14,17H2,1H3,(H2,31,32,33,34,35). The molecule has 1 aliphatic rings. The smallest absolute Gasteiger partial charge is 0.224 e. The molecule has 0 unspecified atom stereocenters. The zero-order valence-electron chi connectivity index (χ0n) is 21.9. The molecule has 0 amide bonds. The van der Waals surface area contributed by atoms with Crippen LogP contribution in [0.15, 0.2) is 48.9 Å². The highest BCUT2D eigenvalue weighted by Crippen LogP contribution is 2.32. The third-order valence-corrected chi connectivity index (χ3v) is 7.89.